The third kappa shape index (κ3) is 3.77. The van der Waals surface area contributed by atoms with Crippen LogP contribution in [0.1, 0.15) is 31.2 Å². The first kappa shape index (κ1) is 14.9. The second-order valence-corrected chi connectivity index (χ2v) is 5.69. The van der Waals surface area contributed by atoms with Crippen molar-refractivity contribution in [3.8, 4) is 11.5 Å². The van der Waals surface area contributed by atoms with E-state index < -0.39 is 0 Å². The van der Waals surface area contributed by atoms with Crippen molar-refractivity contribution in [1.29, 1.82) is 0 Å². The number of aldehydes is 1. The average molecular weight is 299 g/mol. The van der Waals surface area contributed by atoms with Gasteiger partial charge in [-0.3, -0.25) is 4.79 Å². The summed E-state index contributed by atoms with van der Waals surface area (Å²) < 4.78 is 10.6. The molecular formula is C18H21NO3. The molecule has 1 saturated carbocycles. The number of rotatable bonds is 6. The summed E-state index contributed by atoms with van der Waals surface area (Å²) in [5.41, 5.74) is 1.79. The highest BCUT2D eigenvalue weighted by atomic mass is 16.7. The smallest absolute Gasteiger partial charge is 0.231 e. The normalized spacial score (nSPS) is 18.3. The fourth-order valence-corrected chi connectivity index (χ4v) is 2.83. The second-order valence-electron chi connectivity index (χ2n) is 5.69. The molecule has 0 amide bonds. The SMILES string of the molecule is O=CC(=CC=Cc1ccc2c(c1)OCO2)CNC1CCCC1. The van der Waals surface area contributed by atoms with Crippen molar-refractivity contribution < 1.29 is 14.3 Å². The monoisotopic (exact) mass is 299 g/mol. The van der Waals surface area contributed by atoms with E-state index in [-0.39, 0.29) is 6.79 Å². The standard InChI is InChI=1S/C18H21NO3/c20-12-15(11-19-16-6-1-2-7-16)5-3-4-14-8-9-17-18(10-14)22-13-21-17/h3-5,8-10,12,16,19H,1-2,6-7,11,13H2. The number of allylic oxidation sites excluding steroid dienone is 2. The first-order chi connectivity index (χ1) is 10.8. The lowest BCUT2D eigenvalue weighted by atomic mass is 10.1. The van der Waals surface area contributed by atoms with E-state index in [9.17, 15) is 4.79 Å². The molecule has 1 aliphatic carbocycles. The van der Waals surface area contributed by atoms with Crippen LogP contribution >= 0.6 is 0 Å². The number of carbonyl (C=O) groups is 1. The average Bonchev–Trinajstić information content (AvgIpc) is 3.21. The highest BCUT2D eigenvalue weighted by Crippen LogP contribution is 2.32. The molecule has 0 aromatic heterocycles. The van der Waals surface area contributed by atoms with E-state index >= 15 is 0 Å². The largest absolute Gasteiger partial charge is 0.454 e. The number of nitrogens with one attached hydrogen (secondary N) is 1. The summed E-state index contributed by atoms with van der Waals surface area (Å²) in [7, 11) is 0. The summed E-state index contributed by atoms with van der Waals surface area (Å²) in [5.74, 6) is 1.55. The molecule has 1 fully saturated rings. The van der Waals surface area contributed by atoms with Gasteiger partial charge in [0.25, 0.3) is 0 Å². The van der Waals surface area contributed by atoms with Crippen LogP contribution in [0.2, 0.25) is 0 Å². The molecule has 0 atom stereocenters. The Kier molecular flexibility index (Phi) is 4.91. The van der Waals surface area contributed by atoms with Crippen LogP contribution in [0, 0.1) is 0 Å². The molecule has 0 saturated heterocycles. The lowest BCUT2D eigenvalue weighted by Gasteiger charge is -2.10. The van der Waals surface area contributed by atoms with Gasteiger partial charge >= 0.3 is 0 Å². The molecule has 1 heterocycles. The summed E-state index contributed by atoms with van der Waals surface area (Å²) in [6, 6.07) is 6.37. The summed E-state index contributed by atoms with van der Waals surface area (Å²) in [4.78, 5) is 11.1. The van der Waals surface area contributed by atoms with Gasteiger partial charge in [-0.2, -0.15) is 0 Å². The lowest BCUT2D eigenvalue weighted by molar-refractivity contribution is -0.105. The minimum absolute atomic E-state index is 0.282. The van der Waals surface area contributed by atoms with E-state index in [0.29, 0.717) is 12.6 Å². The van der Waals surface area contributed by atoms with Crippen LogP contribution in [0.4, 0.5) is 0 Å². The lowest BCUT2D eigenvalue weighted by Crippen LogP contribution is -2.28. The fourth-order valence-electron chi connectivity index (χ4n) is 2.83. The van der Waals surface area contributed by atoms with Gasteiger partial charge in [-0.1, -0.05) is 37.1 Å². The highest BCUT2D eigenvalue weighted by Gasteiger charge is 2.14. The van der Waals surface area contributed by atoms with Gasteiger partial charge in [-0.25, -0.2) is 0 Å². The third-order valence-corrected chi connectivity index (χ3v) is 4.10. The van der Waals surface area contributed by atoms with Gasteiger partial charge in [0.15, 0.2) is 11.5 Å². The van der Waals surface area contributed by atoms with Crippen LogP contribution in [-0.4, -0.2) is 25.7 Å². The molecule has 2 aliphatic rings. The first-order valence-electron chi connectivity index (χ1n) is 7.80. The van der Waals surface area contributed by atoms with Crippen molar-refractivity contribution in [3.63, 3.8) is 0 Å². The van der Waals surface area contributed by atoms with Gasteiger partial charge in [-0.05, 0) is 30.5 Å². The maximum absolute atomic E-state index is 11.1. The zero-order valence-corrected chi connectivity index (χ0v) is 12.6. The summed E-state index contributed by atoms with van der Waals surface area (Å²) in [5, 5.41) is 3.45. The Hall–Kier alpha value is -2.07. The van der Waals surface area contributed by atoms with Crippen molar-refractivity contribution in [1.82, 2.24) is 5.32 Å². The van der Waals surface area contributed by atoms with Crippen molar-refractivity contribution >= 4 is 12.4 Å². The van der Waals surface area contributed by atoms with E-state index in [2.05, 4.69) is 5.32 Å². The Morgan fingerprint density at radius 2 is 2.05 bits per heavy atom. The molecule has 4 heteroatoms. The maximum atomic E-state index is 11.1. The molecular weight excluding hydrogens is 278 g/mol. The molecule has 22 heavy (non-hydrogen) atoms. The second kappa shape index (κ2) is 7.27. The Morgan fingerprint density at radius 1 is 1.23 bits per heavy atom. The maximum Gasteiger partial charge on any atom is 0.231 e. The molecule has 1 aromatic carbocycles. The van der Waals surface area contributed by atoms with Crippen LogP contribution < -0.4 is 14.8 Å². The van der Waals surface area contributed by atoms with Crippen LogP contribution in [-0.2, 0) is 4.79 Å². The molecule has 1 aromatic rings. The van der Waals surface area contributed by atoms with E-state index in [4.69, 9.17) is 9.47 Å². The number of fused-ring (bicyclic) bond motifs is 1. The molecule has 0 bridgehead atoms. The molecule has 0 unspecified atom stereocenters. The van der Waals surface area contributed by atoms with Crippen molar-refractivity contribution in [2.45, 2.75) is 31.7 Å². The Bertz CT molecular complexity index is 586. The summed E-state index contributed by atoms with van der Waals surface area (Å²) in [6.45, 7) is 0.921. The molecule has 3 rings (SSSR count). The zero-order valence-electron chi connectivity index (χ0n) is 12.6. The topological polar surface area (TPSA) is 47.6 Å². The highest BCUT2D eigenvalue weighted by molar-refractivity contribution is 5.75. The van der Waals surface area contributed by atoms with Gasteiger partial charge in [0.1, 0.15) is 6.29 Å². The quantitative estimate of drug-likeness (QED) is 0.498. The van der Waals surface area contributed by atoms with E-state index in [1.54, 1.807) is 0 Å². The Morgan fingerprint density at radius 3 is 2.86 bits per heavy atom. The first-order valence-corrected chi connectivity index (χ1v) is 7.80. The van der Waals surface area contributed by atoms with Crippen LogP contribution in [0.25, 0.3) is 6.08 Å². The molecule has 4 nitrogen and oxygen atoms in total. The number of hydrogen-bond donors (Lipinski definition) is 1. The molecule has 0 radical (unpaired) electrons. The summed E-state index contributed by atoms with van der Waals surface area (Å²) in [6.07, 6.45) is 11.7. The van der Waals surface area contributed by atoms with Gasteiger partial charge < -0.3 is 14.8 Å². The molecule has 1 aliphatic heterocycles. The Labute approximate surface area is 130 Å². The van der Waals surface area contributed by atoms with Gasteiger partial charge in [0.05, 0.1) is 0 Å². The predicted molar refractivity (Wildman–Crippen MR) is 86.0 cm³/mol. The van der Waals surface area contributed by atoms with Crippen LogP contribution in [0.5, 0.6) is 11.5 Å². The van der Waals surface area contributed by atoms with E-state index in [0.717, 1.165) is 28.9 Å². The minimum atomic E-state index is 0.282. The Balaban J connectivity index is 1.56. The van der Waals surface area contributed by atoms with Gasteiger partial charge in [0.2, 0.25) is 6.79 Å². The number of benzene rings is 1. The third-order valence-electron chi connectivity index (χ3n) is 4.10. The summed E-state index contributed by atoms with van der Waals surface area (Å²) >= 11 is 0. The predicted octanol–water partition coefficient (Wildman–Crippen LogP) is 3.09. The van der Waals surface area contributed by atoms with Gasteiger partial charge in [-0.15, -0.1) is 0 Å². The number of hydrogen-bond acceptors (Lipinski definition) is 4. The van der Waals surface area contributed by atoms with E-state index in [1.165, 1.54) is 25.7 Å². The molecule has 0 spiro atoms. The number of carbonyl (C=O) groups excluding carboxylic acids is 1. The minimum Gasteiger partial charge on any atom is -0.454 e. The van der Waals surface area contributed by atoms with Crippen LogP contribution in [0.3, 0.4) is 0 Å². The fraction of sp³-hybridized carbons (Fsp3) is 0.389. The van der Waals surface area contributed by atoms with Crippen molar-refractivity contribution in [3.05, 3.63) is 41.5 Å². The van der Waals surface area contributed by atoms with E-state index in [1.807, 2.05) is 36.4 Å². The van der Waals surface area contributed by atoms with Crippen molar-refractivity contribution in [2.24, 2.45) is 0 Å². The molecule has 1 N–H and O–H groups in total. The van der Waals surface area contributed by atoms with Crippen molar-refractivity contribution in [2.75, 3.05) is 13.3 Å². The van der Waals surface area contributed by atoms with Crippen LogP contribution in [0.15, 0.2) is 35.9 Å². The number of ether oxygens (including phenoxy) is 2. The zero-order chi connectivity index (χ0) is 15.2. The molecule has 116 valence electrons. The van der Waals surface area contributed by atoms with Gasteiger partial charge in [0, 0.05) is 18.2 Å².